The molecular weight excluding hydrogens is 668 g/mol. The van der Waals surface area contributed by atoms with Crippen LogP contribution in [0.3, 0.4) is 0 Å². The molecule has 3 aromatic carbocycles. The van der Waals surface area contributed by atoms with E-state index < -0.39 is 47.7 Å². The molecule has 0 aliphatic heterocycles. The summed E-state index contributed by atoms with van der Waals surface area (Å²) in [6.45, 7) is -1.84. The van der Waals surface area contributed by atoms with E-state index in [2.05, 4.69) is 10.6 Å². The second kappa shape index (κ2) is 13.9. The maximum atomic E-state index is 14.1. The van der Waals surface area contributed by atoms with E-state index in [9.17, 15) is 31.9 Å². The van der Waals surface area contributed by atoms with Gasteiger partial charge in [0, 0.05) is 50.0 Å². The fraction of sp³-hybridized carbons (Fsp3) is 0.160. The first-order valence-electron chi connectivity index (χ1n) is 10.7. The van der Waals surface area contributed by atoms with Gasteiger partial charge in [0.05, 0.1) is 22.9 Å². The van der Waals surface area contributed by atoms with E-state index in [0.29, 0.717) is 0 Å². The van der Waals surface area contributed by atoms with Gasteiger partial charge in [-0.15, -0.1) is 0 Å². The molecular formula is C25H17CdCl2F4N2O5-. The van der Waals surface area contributed by atoms with Gasteiger partial charge in [0.15, 0.2) is 6.61 Å². The second-order valence-corrected chi connectivity index (χ2v) is 8.51. The largest absolute Gasteiger partial charge is 0.620 e. The maximum absolute atomic E-state index is 14.1. The Morgan fingerprint density at radius 3 is 2.36 bits per heavy atom. The summed E-state index contributed by atoms with van der Waals surface area (Å²) in [5.74, 6) is -4.28. The van der Waals surface area contributed by atoms with Crippen LogP contribution in [0.2, 0.25) is 10.0 Å². The Kier molecular flexibility index (Phi) is 11.5. The van der Waals surface area contributed by atoms with Crippen LogP contribution in [0.4, 0.5) is 23.2 Å². The van der Waals surface area contributed by atoms with Crippen LogP contribution in [0.5, 0.6) is 5.75 Å². The monoisotopic (exact) mass is 685 g/mol. The van der Waals surface area contributed by atoms with Gasteiger partial charge in [-0.1, -0.05) is 47.1 Å². The van der Waals surface area contributed by atoms with E-state index in [1.807, 2.05) is 0 Å². The van der Waals surface area contributed by atoms with E-state index in [1.165, 1.54) is 42.5 Å². The number of hydrogen-bond donors (Lipinski definition) is 2. The first kappa shape index (κ1) is 32.3. The van der Waals surface area contributed by atoms with Crippen molar-refractivity contribution in [2.75, 3.05) is 13.2 Å². The minimum Gasteiger partial charge on any atom is -0.620 e. The number of nitrogens with zero attached hydrogens (tertiary/aromatic N) is 1. The predicted octanol–water partition coefficient (Wildman–Crippen LogP) is 6.79. The van der Waals surface area contributed by atoms with Gasteiger partial charge in [0.1, 0.15) is 11.6 Å². The Labute approximate surface area is 249 Å². The van der Waals surface area contributed by atoms with Crippen molar-refractivity contribution >= 4 is 46.7 Å². The molecule has 0 atom stereocenters. The van der Waals surface area contributed by atoms with Gasteiger partial charge in [-0.25, -0.2) is 4.39 Å². The number of halogens is 6. The Bertz CT molecular complexity index is 1370. The van der Waals surface area contributed by atoms with E-state index in [4.69, 9.17) is 33.0 Å². The van der Waals surface area contributed by atoms with Crippen molar-refractivity contribution in [3.05, 3.63) is 86.9 Å². The van der Waals surface area contributed by atoms with Crippen LogP contribution in [0.1, 0.15) is 27.1 Å². The van der Waals surface area contributed by atoms with Gasteiger partial charge in [-0.2, -0.15) is 13.2 Å². The molecule has 3 rings (SSSR count). The third kappa shape index (κ3) is 9.07. The number of carbonyl (C=O) groups is 3. The van der Waals surface area contributed by atoms with Crippen LogP contribution in [-0.2, 0) is 32.1 Å². The molecule has 14 heteroatoms. The van der Waals surface area contributed by atoms with Crippen LogP contribution in [-0.4, -0.2) is 42.2 Å². The minimum absolute atomic E-state index is 0. The number of aliphatic carboxylic acids is 1. The standard InChI is InChI=1S/C25H18Cl2F4N2O5.Cd/c26-16-6-4-14(23(36)32-9-8-21(34)35)10-15(16)13-5-7-19(20(11-13)38-12-25(29,30)31)33-24(37)22-17(27)2-1-3-18(22)28;/h1-7,10-11H,8-9,12H2,(H3,32,33,34,35,36,37);/p-1. The number of hydrogen-bond acceptors (Lipinski definition) is 4. The van der Waals surface area contributed by atoms with Crippen LogP contribution >= 0.6 is 23.2 Å². The third-order valence-electron chi connectivity index (χ3n) is 4.91. The minimum atomic E-state index is -4.72. The summed E-state index contributed by atoms with van der Waals surface area (Å²) in [5.41, 5.74) is -0.358. The normalized spacial score (nSPS) is 10.8. The zero-order chi connectivity index (χ0) is 28.0. The summed E-state index contributed by atoms with van der Waals surface area (Å²) in [7, 11) is 0. The fourth-order valence-corrected chi connectivity index (χ4v) is 3.66. The van der Waals surface area contributed by atoms with Gasteiger partial charge in [-0.05, 0) is 42.0 Å². The molecule has 202 valence electrons. The van der Waals surface area contributed by atoms with E-state index in [1.54, 1.807) is 0 Å². The van der Waals surface area contributed by atoms with Crippen molar-refractivity contribution in [1.29, 1.82) is 0 Å². The quantitative estimate of drug-likeness (QED) is 0.191. The molecule has 0 heterocycles. The van der Waals surface area contributed by atoms with Crippen molar-refractivity contribution in [3.8, 4) is 16.9 Å². The number of benzene rings is 3. The van der Waals surface area contributed by atoms with Gasteiger partial charge in [0.25, 0.3) is 5.91 Å². The average Bonchev–Trinajstić information content (AvgIpc) is 2.83. The summed E-state index contributed by atoms with van der Waals surface area (Å²) in [6, 6.07) is 11.3. The SMILES string of the molecule is O=C(O)CCNC(=O)c1ccc(Cl)c(-c2ccc([N-]C(=O)c3c(F)cccc3Cl)c(OCC(F)(F)F)c2)c1.[Cd]. The average molecular weight is 685 g/mol. The summed E-state index contributed by atoms with van der Waals surface area (Å²) in [4.78, 5) is 35.6. The van der Waals surface area contributed by atoms with E-state index >= 15 is 0 Å². The first-order chi connectivity index (χ1) is 17.9. The predicted molar refractivity (Wildman–Crippen MR) is 132 cm³/mol. The molecule has 0 radical (unpaired) electrons. The second-order valence-electron chi connectivity index (χ2n) is 7.69. The van der Waals surface area contributed by atoms with Crippen molar-refractivity contribution in [2.24, 2.45) is 0 Å². The number of nitrogens with one attached hydrogen (secondary N) is 1. The Morgan fingerprint density at radius 1 is 1.00 bits per heavy atom. The number of alkyl halides is 3. The molecule has 0 aromatic heterocycles. The van der Waals surface area contributed by atoms with Gasteiger partial charge in [0.2, 0.25) is 0 Å². The van der Waals surface area contributed by atoms with Crippen molar-refractivity contribution in [3.63, 3.8) is 0 Å². The number of carboxylic acid groups (broad SMARTS) is 1. The van der Waals surface area contributed by atoms with E-state index in [0.717, 1.165) is 12.1 Å². The molecule has 0 aliphatic carbocycles. The number of rotatable bonds is 9. The zero-order valence-electron chi connectivity index (χ0n) is 19.8. The molecule has 2 amide bonds. The van der Waals surface area contributed by atoms with Crippen molar-refractivity contribution in [1.82, 2.24) is 5.32 Å². The van der Waals surface area contributed by atoms with Crippen LogP contribution in [0.25, 0.3) is 16.4 Å². The third-order valence-corrected chi connectivity index (χ3v) is 5.56. The van der Waals surface area contributed by atoms with Gasteiger partial charge in [-0.3, -0.25) is 9.59 Å². The molecule has 0 aliphatic rings. The summed E-state index contributed by atoms with van der Waals surface area (Å²) in [6.07, 6.45) is -5.02. The van der Waals surface area contributed by atoms with Crippen LogP contribution < -0.4 is 10.1 Å². The number of carboxylic acids is 1. The Balaban J connectivity index is 0.00000533. The number of carbonyl (C=O) groups excluding carboxylic acids is 2. The fourth-order valence-electron chi connectivity index (χ4n) is 3.19. The van der Waals surface area contributed by atoms with Crippen LogP contribution in [0, 0.1) is 5.82 Å². The molecule has 39 heavy (non-hydrogen) atoms. The zero-order valence-corrected chi connectivity index (χ0v) is 25.4. The molecule has 0 fully saturated rings. The first-order valence-corrected chi connectivity index (χ1v) is 11.4. The summed E-state index contributed by atoms with van der Waals surface area (Å²) in [5, 5.41) is 14.7. The molecule has 0 saturated heterocycles. The molecule has 0 saturated carbocycles. The molecule has 0 unspecified atom stereocenters. The number of amides is 2. The molecule has 3 aromatic rings. The summed E-state index contributed by atoms with van der Waals surface area (Å²) >= 11 is 12.1. The topological polar surface area (TPSA) is 107 Å². The summed E-state index contributed by atoms with van der Waals surface area (Å²) < 4.78 is 57.7. The number of ether oxygens (including phenoxy) is 1. The molecule has 0 bridgehead atoms. The Morgan fingerprint density at radius 2 is 1.72 bits per heavy atom. The maximum Gasteiger partial charge on any atom is 0.422 e. The van der Waals surface area contributed by atoms with Crippen molar-refractivity contribution in [2.45, 2.75) is 12.6 Å². The molecule has 0 spiro atoms. The van der Waals surface area contributed by atoms with Gasteiger partial charge < -0.3 is 25.3 Å². The van der Waals surface area contributed by atoms with Crippen LogP contribution in [0.15, 0.2) is 54.6 Å². The van der Waals surface area contributed by atoms with Gasteiger partial charge >= 0.3 is 12.1 Å². The van der Waals surface area contributed by atoms with E-state index in [-0.39, 0.29) is 72.7 Å². The van der Waals surface area contributed by atoms with Crippen molar-refractivity contribution < 1.29 is 69.1 Å². The smallest absolute Gasteiger partial charge is 0.422 e. The molecule has 2 N–H and O–H groups in total. The Hall–Kier alpha value is -2.91. The molecule has 7 nitrogen and oxygen atoms in total.